The molecule has 3 aromatic carbocycles. The fourth-order valence-electron chi connectivity index (χ4n) is 3.98. The van der Waals surface area contributed by atoms with E-state index in [1.54, 1.807) is 60.7 Å². The van der Waals surface area contributed by atoms with Crippen LogP contribution in [0.5, 0.6) is 5.75 Å². The van der Waals surface area contributed by atoms with Crippen molar-refractivity contribution in [2.45, 2.75) is 23.8 Å². The van der Waals surface area contributed by atoms with Gasteiger partial charge in [-0.3, -0.25) is 13.9 Å². The fourth-order valence-corrected chi connectivity index (χ4v) is 5.99. The maximum atomic E-state index is 13.5. The average Bonchev–Trinajstić information content (AvgIpc) is 3.28. The van der Waals surface area contributed by atoms with Crippen molar-refractivity contribution >= 4 is 50.2 Å². The van der Waals surface area contributed by atoms with Gasteiger partial charge in [-0.05, 0) is 76.2 Å². The monoisotopic (exact) mass is 620 g/mol. The summed E-state index contributed by atoms with van der Waals surface area (Å²) in [6, 6.07) is 19.8. The van der Waals surface area contributed by atoms with Gasteiger partial charge in [0.15, 0.2) is 0 Å². The molecule has 1 heterocycles. The molecular weight excluding hydrogens is 595 g/mol. The number of methoxy groups -OCH3 is 1. The Labute approximate surface area is 223 Å². The minimum Gasteiger partial charge on any atom is -0.492 e. The SMILES string of the molecule is COC(=O)Cc1ccc(OCCNC(=O)[C@@H]2Cc3ccccc3N2S(=O)(=O)c2ccc(I)cc2)cc1. The van der Waals surface area contributed by atoms with Crippen LogP contribution in [-0.2, 0) is 37.2 Å². The van der Waals surface area contributed by atoms with E-state index in [4.69, 9.17) is 4.74 Å². The summed E-state index contributed by atoms with van der Waals surface area (Å²) >= 11 is 2.12. The number of hydrogen-bond donors (Lipinski definition) is 1. The number of esters is 1. The molecular formula is C26H25IN2O6S. The second-order valence-corrected chi connectivity index (χ2v) is 11.2. The molecule has 0 spiro atoms. The summed E-state index contributed by atoms with van der Waals surface area (Å²) in [4.78, 5) is 24.6. The summed E-state index contributed by atoms with van der Waals surface area (Å²) < 4.78 is 39.6. The molecule has 10 heteroatoms. The number of fused-ring (bicyclic) bond motifs is 1. The molecule has 1 aliphatic rings. The van der Waals surface area contributed by atoms with Gasteiger partial charge in [0.05, 0.1) is 30.7 Å². The fraction of sp³-hybridized carbons (Fsp3) is 0.231. The quantitative estimate of drug-likeness (QED) is 0.224. The van der Waals surface area contributed by atoms with Crippen molar-refractivity contribution in [1.82, 2.24) is 5.32 Å². The molecule has 1 N–H and O–H groups in total. The van der Waals surface area contributed by atoms with Gasteiger partial charge in [0.2, 0.25) is 5.91 Å². The number of amides is 1. The topological polar surface area (TPSA) is 102 Å². The van der Waals surface area contributed by atoms with Crippen LogP contribution in [0.1, 0.15) is 11.1 Å². The first-order chi connectivity index (χ1) is 17.3. The Bertz CT molecular complexity index is 1340. The van der Waals surface area contributed by atoms with Crippen LogP contribution in [0.25, 0.3) is 0 Å². The summed E-state index contributed by atoms with van der Waals surface area (Å²) in [7, 11) is -2.60. The van der Waals surface area contributed by atoms with E-state index in [0.29, 0.717) is 11.4 Å². The molecule has 0 fully saturated rings. The highest BCUT2D eigenvalue weighted by atomic mass is 127. The maximum absolute atomic E-state index is 13.5. The van der Waals surface area contributed by atoms with Gasteiger partial charge in [0.1, 0.15) is 18.4 Å². The van der Waals surface area contributed by atoms with Gasteiger partial charge in [0, 0.05) is 9.99 Å². The number of para-hydroxylation sites is 1. The lowest BCUT2D eigenvalue weighted by Gasteiger charge is -2.26. The van der Waals surface area contributed by atoms with Crippen LogP contribution in [0.2, 0.25) is 0 Å². The summed E-state index contributed by atoms with van der Waals surface area (Å²) in [5.41, 5.74) is 2.12. The molecule has 0 saturated carbocycles. The third-order valence-corrected chi connectivity index (χ3v) is 8.32. The van der Waals surface area contributed by atoms with Crippen molar-refractivity contribution in [3.05, 3.63) is 87.5 Å². The summed E-state index contributed by atoms with van der Waals surface area (Å²) in [5, 5.41) is 2.81. The number of anilines is 1. The van der Waals surface area contributed by atoms with Crippen molar-refractivity contribution in [1.29, 1.82) is 0 Å². The van der Waals surface area contributed by atoms with Gasteiger partial charge in [-0.25, -0.2) is 8.42 Å². The van der Waals surface area contributed by atoms with Crippen LogP contribution in [-0.4, -0.2) is 46.6 Å². The van der Waals surface area contributed by atoms with Crippen molar-refractivity contribution in [3.8, 4) is 5.75 Å². The molecule has 0 aromatic heterocycles. The van der Waals surface area contributed by atoms with Crippen molar-refractivity contribution in [3.63, 3.8) is 0 Å². The Morgan fingerprint density at radius 1 is 1.03 bits per heavy atom. The lowest BCUT2D eigenvalue weighted by atomic mass is 10.1. The van der Waals surface area contributed by atoms with Gasteiger partial charge in [-0.2, -0.15) is 0 Å². The van der Waals surface area contributed by atoms with Crippen molar-refractivity contribution < 1.29 is 27.5 Å². The summed E-state index contributed by atoms with van der Waals surface area (Å²) in [6.45, 7) is 0.401. The van der Waals surface area contributed by atoms with Crippen LogP contribution in [0.15, 0.2) is 77.7 Å². The molecule has 0 aliphatic carbocycles. The first kappa shape index (κ1) is 26.0. The van der Waals surface area contributed by atoms with Gasteiger partial charge >= 0.3 is 5.97 Å². The molecule has 1 amide bonds. The second-order valence-electron chi connectivity index (χ2n) is 8.14. The van der Waals surface area contributed by atoms with E-state index >= 15 is 0 Å². The number of carbonyl (C=O) groups excluding carboxylic acids is 2. The Kier molecular flexibility index (Phi) is 8.14. The van der Waals surface area contributed by atoms with E-state index in [1.807, 2.05) is 12.1 Å². The van der Waals surface area contributed by atoms with E-state index in [2.05, 4.69) is 32.6 Å². The first-order valence-corrected chi connectivity index (χ1v) is 13.8. The van der Waals surface area contributed by atoms with Crippen LogP contribution >= 0.6 is 22.6 Å². The number of benzene rings is 3. The standard InChI is InChI=1S/C26H25IN2O6S/c1-34-25(30)16-18-6-10-21(11-7-18)35-15-14-28-26(31)24-17-19-4-2-3-5-23(19)29(24)36(32,33)22-12-8-20(27)9-13-22/h2-13,24H,14-17H2,1H3,(H,28,31)/t24-/m0/s1. The van der Waals surface area contributed by atoms with Crippen LogP contribution in [0.3, 0.4) is 0 Å². The molecule has 8 nitrogen and oxygen atoms in total. The molecule has 0 bridgehead atoms. The van der Waals surface area contributed by atoms with Gasteiger partial charge in [-0.1, -0.05) is 30.3 Å². The van der Waals surface area contributed by atoms with E-state index < -0.39 is 22.0 Å². The zero-order valence-electron chi connectivity index (χ0n) is 19.5. The maximum Gasteiger partial charge on any atom is 0.309 e. The van der Waals surface area contributed by atoms with Crippen molar-refractivity contribution in [2.24, 2.45) is 0 Å². The number of carbonyl (C=O) groups is 2. The van der Waals surface area contributed by atoms with E-state index in [1.165, 1.54) is 11.4 Å². The number of nitrogens with one attached hydrogen (secondary N) is 1. The predicted octanol–water partition coefficient (Wildman–Crippen LogP) is 3.32. The van der Waals surface area contributed by atoms with Crippen LogP contribution in [0.4, 0.5) is 5.69 Å². The Morgan fingerprint density at radius 3 is 2.42 bits per heavy atom. The number of sulfonamides is 1. The van der Waals surface area contributed by atoms with Gasteiger partial charge in [0.25, 0.3) is 10.0 Å². The smallest absolute Gasteiger partial charge is 0.309 e. The lowest BCUT2D eigenvalue weighted by Crippen LogP contribution is -2.48. The number of nitrogens with zero attached hydrogens (tertiary/aromatic N) is 1. The molecule has 188 valence electrons. The molecule has 0 unspecified atom stereocenters. The summed E-state index contributed by atoms with van der Waals surface area (Å²) in [5.74, 6) is -0.120. The highest BCUT2D eigenvalue weighted by Gasteiger charge is 2.42. The lowest BCUT2D eigenvalue weighted by molar-refractivity contribution is -0.139. The molecule has 4 rings (SSSR count). The molecule has 1 aliphatic heterocycles. The normalized spacial score (nSPS) is 14.7. The second kappa shape index (κ2) is 11.3. The Balaban J connectivity index is 1.40. The largest absolute Gasteiger partial charge is 0.492 e. The van der Waals surface area contributed by atoms with Crippen LogP contribution < -0.4 is 14.4 Å². The number of ether oxygens (including phenoxy) is 2. The third-order valence-electron chi connectivity index (χ3n) is 5.77. The van der Waals surface area contributed by atoms with Crippen LogP contribution in [0, 0.1) is 3.57 Å². The first-order valence-electron chi connectivity index (χ1n) is 11.2. The summed E-state index contributed by atoms with van der Waals surface area (Å²) in [6.07, 6.45) is 0.465. The van der Waals surface area contributed by atoms with Gasteiger partial charge < -0.3 is 14.8 Å². The highest BCUT2D eigenvalue weighted by molar-refractivity contribution is 14.1. The zero-order chi connectivity index (χ0) is 25.7. The minimum atomic E-state index is -3.95. The molecule has 3 aromatic rings. The van der Waals surface area contributed by atoms with Crippen molar-refractivity contribution in [2.75, 3.05) is 24.6 Å². The highest BCUT2D eigenvalue weighted by Crippen LogP contribution is 2.36. The minimum absolute atomic E-state index is 0.136. The third kappa shape index (κ3) is 5.81. The van der Waals surface area contributed by atoms with Gasteiger partial charge in [-0.15, -0.1) is 0 Å². The van der Waals surface area contributed by atoms with E-state index in [0.717, 1.165) is 14.7 Å². The average molecular weight is 620 g/mol. The Morgan fingerprint density at radius 2 is 1.72 bits per heavy atom. The van der Waals surface area contributed by atoms with E-state index in [9.17, 15) is 18.0 Å². The molecule has 0 radical (unpaired) electrons. The number of hydrogen-bond acceptors (Lipinski definition) is 6. The zero-order valence-corrected chi connectivity index (χ0v) is 22.5. The van der Waals surface area contributed by atoms with E-state index in [-0.39, 0.29) is 36.9 Å². The Hall–Kier alpha value is -3.12. The molecule has 1 atom stereocenters. The molecule has 0 saturated heterocycles. The predicted molar refractivity (Wildman–Crippen MR) is 143 cm³/mol. The number of rotatable bonds is 9. The number of halogens is 1. The molecule has 36 heavy (non-hydrogen) atoms.